The van der Waals surface area contributed by atoms with Crippen molar-refractivity contribution in [1.29, 1.82) is 0 Å². The molecule has 5 heteroatoms. The Morgan fingerprint density at radius 3 is 2.36 bits per heavy atom. The van der Waals surface area contributed by atoms with Crippen molar-refractivity contribution in [3.8, 4) is 11.1 Å². The van der Waals surface area contributed by atoms with E-state index in [0.29, 0.717) is 10.8 Å². The number of hydrogen-bond acceptors (Lipinski definition) is 2. The van der Waals surface area contributed by atoms with Crippen LogP contribution in [0.3, 0.4) is 0 Å². The van der Waals surface area contributed by atoms with Gasteiger partial charge in [0.2, 0.25) is 0 Å². The number of nitrogens with zero attached hydrogens (tertiary/aromatic N) is 1. The summed E-state index contributed by atoms with van der Waals surface area (Å²) in [6.45, 7) is 0. The van der Waals surface area contributed by atoms with Crippen molar-refractivity contribution in [1.82, 2.24) is 10.2 Å². The van der Waals surface area contributed by atoms with Gasteiger partial charge in [0.15, 0.2) is 0 Å². The minimum Gasteiger partial charge on any atom is -0.384 e. The van der Waals surface area contributed by atoms with Crippen LogP contribution in [0.15, 0.2) is 30.5 Å². The van der Waals surface area contributed by atoms with Crippen molar-refractivity contribution in [2.45, 2.75) is 0 Å². The molecule has 0 bridgehead atoms. The van der Waals surface area contributed by atoms with Gasteiger partial charge in [0.25, 0.3) is 0 Å². The van der Waals surface area contributed by atoms with Crippen molar-refractivity contribution < 1.29 is 0 Å². The average molecular weight is 230 g/mol. The number of rotatable bonds is 1. The molecule has 0 aliphatic carbocycles. The number of nitrogen functional groups attached to an aromatic ring is 1. The fourth-order valence-electron chi connectivity index (χ4n) is 1.16. The van der Waals surface area contributed by atoms with Crippen LogP contribution in [0.1, 0.15) is 0 Å². The third-order valence-corrected chi connectivity index (χ3v) is 2.08. The highest BCUT2D eigenvalue weighted by molar-refractivity contribution is 6.30. The summed E-state index contributed by atoms with van der Waals surface area (Å²) >= 11 is 5.76. The van der Waals surface area contributed by atoms with E-state index in [4.69, 9.17) is 17.3 Å². The van der Waals surface area contributed by atoms with Crippen molar-refractivity contribution in [2.75, 3.05) is 5.73 Å². The first-order chi connectivity index (χ1) is 6.27. The highest BCUT2D eigenvalue weighted by Gasteiger charge is 2.03. The lowest BCUT2D eigenvalue weighted by molar-refractivity contribution is 1.10. The monoisotopic (exact) mass is 229 g/mol. The quantitative estimate of drug-likeness (QED) is 0.791. The van der Waals surface area contributed by atoms with E-state index in [9.17, 15) is 0 Å². The highest BCUT2D eigenvalue weighted by Crippen LogP contribution is 2.24. The van der Waals surface area contributed by atoms with Gasteiger partial charge < -0.3 is 5.73 Å². The highest BCUT2D eigenvalue weighted by atomic mass is 35.5. The predicted molar refractivity (Wildman–Crippen MR) is 60.7 cm³/mol. The molecule has 3 N–H and O–H groups in total. The summed E-state index contributed by atoms with van der Waals surface area (Å²) in [6.07, 6.45) is 1.69. The standard InChI is InChI=1S/C9H8ClN3.ClH/c10-7-3-1-6(2-4-7)8-5-12-13-9(8)11;/h1-5H,(H3,11,12,13);1H. The molecule has 0 saturated carbocycles. The molecule has 0 fully saturated rings. The van der Waals surface area contributed by atoms with Gasteiger partial charge in [-0.15, -0.1) is 12.4 Å². The van der Waals surface area contributed by atoms with E-state index in [2.05, 4.69) is 10.2 Å². The van der Waals surface area contributed by atoms with Crippen LogP contribution < -0.4 is 5.73 Å². The van der Waals surface area contributed by atoms with Crippen LogP contribution in [-0.2, 0) is 0 Å². The molecule has 0 aliphatic rings. The Balaban J connectivity index is 0.000000980. The maximum Gasteiger partial charge on any atom is 0.126 e. The van der Waals surface area contributed by atoms with E-state index in [0.717, 1.165) is 11.1 Å². The first-order valence-corrected chi connectivity index (χ1v) is 4.20. The van der Waals surface area contributed by atoms with E-state index in [1.165, 1.54) is 0 Å². The summed E-state index contributed by atoms with van der Waals surface area (Å²) in [6, 6.07) is 7.46. The van der Waals surface area contributed by atoms with Gasteiger partial charge in [0.05, 0.1) is 6.20 Å². The zero-order valence-electron chi connectivity index (χ0n) is 7.20. The number of nitrogens with one attached hydrogen (secondary N) is 1. The van der Waals surface area contributed by atoms with Crippen molar-refractivity contribution in [3.63, 3.8) is 0 Å². The lowest BCUT2D eigenvalue weighted by Crippen LogP contribution is -1.87. The van der Waals surface area contributed by atoms with Crippen LogP contribution in [0.5, 0.6) is 0 Å². The molecule has 0 unspecified atom stereocenters. The van der Waals surface area contributed by atoms with Crippen LogP contribution in [0.25, 0.3) is 11.1 Å². The number of nitrogens with two attached hydrogens (primary N) is 1. The fourth-order valence-corrected chi connectivity index (χ4v) is 1.28. The number of H-pyrrole nitrogens is 1. The van der Waals surface area contributed by atoms with Crippen LogP contribution in [0.4, 0.5) is 5.82 Å². The molecule has 0 amide bonds. The minimum absolute atomic E-state index is 0. The van der Waals surface area contributed by atoms with Gasteiger partial charge in [-0.1, -0.05) is 23.7 Å². The zero-order valence-corrected chi connectivity index (χ0v) is 8.77. The largest absolute Gasteiger partial charge is 0.384 e. The molecule has 14 heavy (non-hydrogen) atoms. The SMILES string of the molecule is Cl.Nc1[nH]ncc1-c1ccc(Cl)cc1. The Kier molecular flexibility index (Phi) is 3.38. The van der Waals surface area contributed by atoms with Gasteiger partial charge in [-0.05, 0) is 17.7 Å². The van der Waals surface area contributed by atoms with Crippen LogP contribution in [-0.4, -0.2) is 10.2 Å². The van der Waals surface area contributed by atoms with E-state index in [-0.39, 0.29) is 12.4 Å². The van der Waals surface area contributed by atoms with E-state index >= 15 is 0 Å². The Morgan fingerprint density at radius 2 is 1.86 bits per heavy atom. The average Bonchev–Trinajstić information content (AvgIpc) is 2.53. The smallest absolute Gasteiger partial charge is 0.126 e. The number of aromatic amines is 1. The third-order valence-electron chi connectivity index (χ3n) is 1.82. The Bertz CT molecular complexity index is 408. The number of halogens is 2. The molecule has 2 rings (SSSR count). The summed E-state index contributed by atoms with van der Waals surface area (Å²) in [4.78, 5) is 0. The molecule has 2 aromatic rings. The van der Waals surface area contributed by atoms with Gasteiger partial charge in [0.1, 0.15) is 5.82 Å². The molecule has 0 atom stereocenters. The van der Waals surface area contributed by atoms with Gasteiger partial charge in [0, 0.05) is 10.6 Å². The summed E-state index contributed by atoms with van der Waals surface area (Å²) in [5.41, 5.74) is 7.57. The Morgan fingerprint density at radius 1 is 1.21 bits per heavy atom. The summed E-state index contributed by atoms with van der Waals surface area (Å²) < 4.78 is 0. The summed E-state index contributed by atoms with van der Waals surface area (Å²) in [5.74, 6) is 0.572. The molecule has 1 aromatic heterocycles. The predicted octanol–water partition coefficient (Wildman–Crippen LogP) is 2.73. The van der Waals surface area contributed by atoms with Crippen LogP contribution >= 0.6 is 24.0 Å². The molecule has 74 valence electrons. The topological polar surface area (TPSA) is 54.7 Å². The summed E-state index contributed by atoms with van der Waals surface area (Å²) in [7, 11) is 0. The molecule has 1 aromatic carbocycles. The first kappa shape index (κ1) is 10.9. The molecular weight excluding hydrogens is 221 g/mol. The first-order valence-electron chi connectivity index (χ1n) is 3.82. The van der Waals surface area contributed by atoms with E-state index in [1.807, 2.05) is 24.3 Å². The molecular formula is C9H9Cl2N3. The van der Waals surface area contributed by atoms with Gasteiger partial charge in [-0.3, -0.25) is 5.10 Å². The second kappa shape index (κ2) is 4.35. The van der Waals surface area contributed by atoms with Gasteiger partial charge in [-0.25, -0.2) is 0 Å². The second-order valence-corrected chi connectivity index (χ2v) is 3.14. The number of benzene rings is 1. The minimum atomic E-state index is 0. The molecule has 0 spiro atoms. The number of aromatic nitrogens is 2. The number of anilines is 1. The molecule has 0 radical (unpaired) electrons. The molecule has 3 nitrogen and oxygen atoms in total. The van der Waals surface area contributed by atoms with Crippen molar-refractivity contribution in [3.05, 3.63) is 35.5 Å². The maximum absolute atomic E-state index is 5.76. The fraction of sp³-hybridized carbons (Fsp3) is 0. The van der Waals surface area contributed by atoms with Gasteiger partial charge >= 0.3 is 0 Å². The second-order valence-electron chi connectivity index (χ2n) is 2.70. The third kappa shape index (κ3) is 2.00. The molecule has 0 aliphatic heterocycles. The maximum atomic E-state index is 5.76. The summed E-state index contributed by atoms with van der Waals surface area (Å²) in [5, 5.41) is 7.23. The van der Waals surface area contributed by atoms with E-state index in [1.54, 1.807) is 6.20 Å². The Hall–Kier alpha value is -1.19. The molecule has 0 saturated heterocycles. The van der Waals surface area contributed by atoms with Crippen molar-refractivity contribution >= 4 is 29.8 Å². The zero-order chi connectivity index (χ0) is 9.26. The lowest BCUT2D eigenvalue weighted by atomic mass is 10.1. The Labute approximate surface area is 92.7 Å². The van der Waals surface area contributed by atoms with Gasteiger partial charge in [-0.2, -0.15) is 5.10 Å². The van der Waals surface area contributed by atoms with E-state index < -0.39 is 0 Å². The van der Waals surface area contributed by atoms with Crippen LogP contribution in [0.2, 0.25) is 5.02 Å². The normalized spacial score (nSPS) is 9.50. The van der Waals surface area contributed by atoms with Crippen molar-refractivity contribution in [2.24, 2.45) is 0 Å². The molecule has 1 heterocycles. The van der Waals surface area contributed by atoms with Crippen LogP contribution in [0, 0.1) is 0 Å². The lowest BCUT2D eigenvalue weighted by Gasteiger charge is -1.98. The number of hydrogen-bond donors (Lipinski definition) is 2.